The fourth-order valence-electron chi connectivity index (χ4n) is 0.772. The van der Waals surface area contributed by atoms with E-state index in [9.17, 15) is 18.0 Å². The van der Waals surface area contributed by atoms with E-state index >= 15 is 0 Å². The lowest BCUT2D eigenvalue weighted by molar-refractivity contribution is -0.119. The fourth-order valence-corrected chi connectivity index (χ4v) is 0.772. The van der Waals surface area contributed by atoms with Gasteiger partial charge in [-0.15, -0.1) is 0 Å². The highest BCUT2D eigenvalue weighted by Gasteiger charge is 2.34. The summed E-state index contributed by atoms with van der Waals surface area (Å²) in [5, 5.41) is 0. The molecule has 0 fully saturated rings. The van der Waals surface area contributed by atoms with Crippen molar-refractivity contribution < 1.29 is 18.0 Å². The maximum absolute atomic E-state index is 11.9. The van der Waals surface area contributed by atoms with Crippen molar-refractivity contribution in [1.29, 1.82) is 0 Å². The minimum absolute atomic E-state index is 0.500. The van der Waals surface area contributed by atoms with E-state index in [1.165, 1.54) is 0 Å². The van der Waals surface area contributed by atoms with Gasteiger partial charge in [0.05, 0.1) is 0 Å². The smallest absolute Gasteiger partial charge is 0.294 e. The molecule has 1 rings (SSSR count). The maximum Gasteiger partial charge on any atom is 0.413 e. The van der Waals surface area contributed by atoms with E-state index in [1.54, 1.807) is 0 Å². The molecule has 0 unspecified atom stereocenters. The predicted molar refractivity (Wildman–Crippen MR) is 32.9 cm³/mol. The quantitative estimate of drug-likeness (QED) is 0.532. The fraction of sp³-hybridized carbons (Fsp3) is 0.286. The molecule has 0 saturated heterocycles. The molecule has 60 valence electrons. The van der Waals surface area contributed by atoms with Crippen LogP contribution < -0.4 is 0 Å². The molecule has 1 aliphatic rings. The first-order valence-electron chi connectivity index (χ1n) is 2.97. The van der Waals surface area contributed by atoms with Gasteiger partial charge in [-0.3, -0.25) is 4.79 Å². The van der Waals surface area contributed by atoms with Crippen molar-refractivity contribution >= 4 is 5.78 Å². The van der Waals surface area contributed by atoms with Crippen molar-refractivity contribution in [2.45, 2.75) is 12.6 Å². The summed E-state index contributed by atoms with van der Waals surface area (Å²) in [5.74, 6) is -0.500. The van der Waals surface area contributed by atoms with Crippen LogP contribution in [0, 0.1) is 0 Å². The molecule has 1 nitrogen and oxygen atoms in total. The Labute approximate surface area is 61.2 Å². The SMILES string of the molecule is O=C1C=CC=C(C(F)(F)F)C1. The van der Waals surface area contributed by atoms with Crippen LogP contribution in [0.1, 0.15) is 6.42 Å². The van der Waals surface area contributed by atoms with Crippen LogP contribution in [0.3, 0.4) is 0 Å². The van der Waals surface area contributed by atoms with Crippen molar-refractivity contribution in [2.75, 3.05) is 0 Å². The topological polar surface area (TPSA) is 17.1 Å². The zero-order chi connectivity index (χ0) is 8.48. The molecule has 1 aliphatic carbocycles. The predicted octanol–water partition coefficient (Wildman–Crippen LogP) is 2.00. The van der Waals surface area contributed by atoms with Gasteiger partial charge in [0, 0.05) is 12.0 Å². The second kappa shape index (κ2) is 2.53. The van der Waals surface area contributed by atoms with Gasteiger partial charge in [0.1, 0.15) is 0 Å². The highest BCUT2D eigenvalue weighted by atomic mass is 19.4. The average Bonchev–Trinajstić information content (AvgIpc) is 1.86. The molecular weight excluding hydrogens is 157 g/mol. The van der Waals surface area contributed by atoms with Crippen LogP contribution in [0.25, 0.3) is 0 Å². The summed E-state index contributed by atoms with van der Waals surface area (Å²) in [5.41, 5.74) is -0.773. The van der Waals surface area contributed by atoms with Gasteiger partial charge in [0.25, 0.3) is 0 Å². The Hall–Kier alpha value is -1.06. The molecule has 4 heteroatoms. The molecule has 0 aromatic rings. The first-order chi connectivity index (χ1) is 5.00. The molecule has 0 aromatic heterocycles. The van der Waals surface area contributed by atoms with Crippen molar-refractivity contribution in [3.05, 3.63) is 23.8 Å². The van der Waals surface area contributed by atoms with Gasteiger partial charge in [-0.25, -0.2) is 0 Å². The second-order valence-electron chi connectivity index (χ2n) is 2.19. The van der Waals surface area contributed by atoms with E-state index in [1.807, 2.05) is 0 Å². The molecule has 0 saturated carbocycles. The van der Waals surface area contributed by atoms with E-state index in [2.05, 4.69) is 0 Å². The first kappa shape index (κ1) is 8.04. The Kier molecular flexibility index (Phi) is 1.85. The lowest BCUT2D eigenvalue weighted by atomic mass is 10.0. The summed E-state index contributed by atoms with van der Waals surface area (Å²) in [7, 11) is 0. The van der Waals surface area contributed by atoms with Gasteiger partial charge < -0.3 is 0 Å². The summed E-state index contributed by atoms with van der Waals surface area (Å²) in [6.45, 7) is 0. The van der Waals surface area contributed by atoms with Gasteiger partial charge in [-0.2, -0.15) is 13.2 Å². The molecule has 11 heavy (non-hydrogen) atoms. The Balaban J connectivity index is 2.83. The van der Waals surface area contributed by atoms with E-state index in [0.29, 0.717) is 0 Å². The molecule has 0 spiro atoms. The van der Waals surface area contributed by atoms with Crippen molar-refractivity contribution in [2.24, 2.45) is 0 Å². The molecule has 0 N–H and O–H groups in total. The van der Waals surface area contributed by atoms with Crippen LogP contribution in [0.4, 0.5) is 13.2 Å². The minimum atomic E-state index is -4.36. The van der Waals surface area contributed by atoms with E-state index in [0.717, 1.165) is 18.2 Å². The number of hydrogen-bond donors (Lipinski definition) is 0. The Bertz CT molecular complexity index is 235. The van der Waals surface area contributed by atoms with Gasteiger partial charge in [-0.05, 0) is 6.08 Å². The zero-order valence-corrected chi connectivity index (χ0v) is 5.48. The summed E-state index contributed by atoms with van der Waals surface area (Å²) in [6.07, 6.45) is -1.72. The van der Waals surface area contributed by atoms with E-state index < -0.39 is 24.0 Å². The number of ketones is 1. The van der Waals surface area contributed by atoms with Gasteiger partial charge in [0.15, 0.2) is 5.78 Å². The third-order valence-electron chi connectivity index (χ3n) is 1.31. The van der Waals surface area contributed by atoms with Crippen LogP contribution in [0.2, 0.25) is 0 Å². The van der Waals surface area contributed by atoms with Gasteiger partial charge >= 0.3 is 6.18 Å². The number of carbonyl (C=O) groups is 1. The largest absolute Gasteiger partial charge is 0.413 e. The molecule has 0 heterocycles. The number of rotatable bonds is 0. The normalized spacial score (nSPS) is 18.5. The Morgan fingerprint density at radius 1 is 1.36 bits per heavy atom. The number of halogens is 3. The molecule has 0 radical (unpaired) electrons. The van der Waals surface area contributed by atoms with Gasteiger partial charge in [0.2, 0.25) is 0 Å². The molecule has 0 amide bonds. The second-order valence-corrected chi connectivity index (χ2v) is 2.19. The minimum Gasteiger partial charge on any atom is -0.294 e. The first-order valence-corrected chi connectivity index (χ1v) is 2.97. The van der Waals surface area contributed by atoms with Crippen LogP contribution in [-0.4, -0.2) is 12.0 Å². The summed E-state index contributed by atoms with van der Waals surface area (Å²) in [6, 6.07) is 0. The standard InChI is InChI=1S/C7H5F3O/c8-7(9,10)5-2-1-3-6(11)4-5/h1-3H,4H2. The molecular formula is C7H5F3O. The van der Waals surface area contributed by atoms with Crippen LogP contribution >= 0.6 is 0 Å². The summed E-state index contributed by atoms with van der Waals surface area (Å²) >= 11 is 0. The average molecular weight is 162 g/mol. The van der Waals surface area contributed by atoms with Crippen molar-refractivity contribution in [3.8, 4) is 0 Å². The van der Waals surface area contributed by atoms with Crippen molar-refractivity contribution in [3.63, 3.8) is 0 Å². The third kappa shape index (κ3) is 1.93. The Morgan fingerprint density at radius 3 is 2.36 bits per heavy atom. The lowest BCUT2D eigenvalue weighted by Crippen LogP contribution is -2.16. The highest BCUT2D eigenvalue weighted by molar-refractivity contribution is 5.93. The Morgan fingerprint density at radius 2 is 2.00 bits per heavy atom. The van der Waals surface area contributed by atoms with Gasteiger partial charge in [-0.1, -0.05) is 12.2 Å². The zero-order valence-electron chi connectivity index (χ0n) is 5.48. The maximum atomic E-state index is 11.9. The number of allylic oxidation sites excluding steroid dienone is 4. The van der Waals surface area contributed by atoms with E-state index in [-0.39, 0.29) is 0 Å². The molecule has 0 bridgehead atoms. The molecule has 0 atom stereocenters. The number of carbonyl (C=O) groups excluding carboxylic acids is 1. The third-order valence-corrected chi connectivity index (χ3v) is 1.31. The van der Waals surface area contributed by atoms with Crippen LogP contribution in [0.5, 0.6) is 0 Å². The van der Waals surface area contributed by atoms with Crippen LogP contribution in [-0.2, 0) is 4.79 Å². The summed E-state index contributed by atoms with van der Waals surface area (Å²) < 4.78 is 35.6. The number of alkyl halides is 3. The molecule has 0 aromatic carbocycles. The summed E-state index contributed by atoms with van der Waals surface area (Å²) in [4.78, 5) is 10.5. The number of hydrogen-bond acceptors (Lipinski definition) is 1. The monoisotopic (exact) mass is 162 g/mol. The molecule has 0 aliphatic heterocycles. The van der Waals surface area contributed by atoms with Crippen molar-refractivity contribution in [1.82, 2.24) is 0 Å². The lowest BCUT2D eigenvalue weighted by Gasteiger charge is -2.11. The highest BCUT2D eigenvalue weighted by Crippen LogP contribution is 2.29. The van der Waals surface area contributed by atoms with Crippen LogP contribution in [0.15, 0.2) is 23.8 Å². The van der Waals surface area contributed by atoms with E-state index in [4.69, 9.17) is 0 Å².